The average Bonchev–Trinajstić information content (AvgIpc) is 3.01. The number of rotatable bonds is 3. The van der Waals surface area contributed by atoms with E-state index in [1.165, 1.54) is 23.5 Å². The molecular weight excluding hydrogens is 301 g/mol. The van der Waals surface area contributed by atoms with Gasteiger partial charge in [0.05, 0.1) is 0 Å². The second-order valence-corrected chi connectivity index (χ2v) is 6.05. The van der Waals surface area contributed by atoms with E-state index in [0.717, 1.165) is 22.6 Å². The molecule has 0 fully saturated rings. The highest BCUT2D eigenvalue weighted by Crippen LogP contribution is 2.36. The first-order valence-corrected chi connectivity index (χ1v) is 7.62. The number of amidine groups is 1. The quantitative estimate of drug-likeness (QED) is 0.886. The van der Waals surface area contributed by atoms with Gasteiger partial charge in [-0.1, -0.05) is 12.1 Å². The van der Waals surface area contributed by atoms with Gasteiger partial charge in [-0.3, -0.25) is 4.79 Å². The molecule has 1 aromatic carbocycles. The number of aromatic nitrogens is 1. The van der Waals surface area contributed by atoms with Gasteiger partial charge in [-0.15, -0.1) is 11.3 Å². The molecule has 6 heteroatoms. The van der Waals surface area contributed by atoms with Crippen molar-refractivity contribution in [1.29, 1.82) is 0 Å². The summed E-state index contributed by atoms with van der Waals surface area (Å²) in [6, 6.07) is 6.05. The van der Waals surface area contributed by atoms with Gasteiger partial charge in [0.15, 0.2) is 17.1 Å². The molecule has 0 radical (unpaired) electrons. The Hall–Kier alpha value is -2.34. The maximum Gasteiger partial charge on any atom is 0.163 e. The highest BCUT2D eigenvalue weighted by Gasteiger charge is 2.36. The van der Waals surface area contributed by atoms with Crippen LogP contribution >= 0.6 is 11.3 Å². The van der Waals surface area contributed by atoms with Crippen molar-refractivity contribution in [2.24, 2.45) is 4.99 Å². The van der Waals surface area contributed by atoms with Gasteiger partial charge in [0.1, 0.15) is 11.4 Å². The van der Waals surface area contributed by atoms with Crippen LogP contribution < -0.4 is 5.32 Å². The van der Waals surface area contributed by atoms with Gasteiger partial charge in [0, 0.05) is 22.8 Å². The van der Waals surface area contributed by atoms with Crippen molar-refractivity contribution in [3.05, 3.63) is 63.5 Å². The summed E-state index contributed by atoms with van der Waals surface area (Å²) in [5, 5.41) is 5.74. The Labute approximate surface area is 131 Å². The Kier molecular flexibility index (Phi) is 3.62. The summed E-state index contributed by atoms with van der Waals surface area (Å²) >= 11 is 1.46. The third-order valence-electron chi connectivity index (χ3n) is 3.73. The lowest BCUT2D eigenvalue weighted by Gasteiger charge is -2.33. The molecule has 1 aliphatic heterocycles. The maximum absolute atomic E-state index is 13.2. The monoisotopic (exact) mass is 315 g/mol. The lowest BCUT2D eigenvalue weighted by molar-refractivity contribution is -0.105. The molecule has 0 bridgehead atoms. The van der Waals surface area contributed by atoms with Gasteiger partial charge < -0.3 is 5.32 Å². The van der Waals surface area contributed by atoms with Crippen molar-refractivity contribution in [2.45, 2.75) is 19.4 Å². The summed E-state index contributed by atoms with van der Waals surface area (Å²) in [6.45, 7) is 3.68. The minimum absolute atomic E-state index is 0.321. The molecule has 0 saturated carbocycles. The Morgan fingerprint density at radius 1 is 1.32 bits per heavy atom. The summed E-state index contributed by atoms with van der Waals surface area (Å²) in [5.41, 5.74) is 1.14. The average molecular weight is 315 g/mol. The van der Waals surface area contributed by atoms with Crippen LogP contribution in [0.3, 0.4) is 0 Å². The van der Waals surface area contributed by atoms with Crippen LogP contribution in [0.25, 0.3) is 0 Å². The number of benzene rings is 1. The molecule has 0 unspecified atom stereocenters. The van der Waals surface area contributed by atoms with E-state index in [1.54, 1.807) is 18.3 Å². The molecule has 2 heterocycles. The fourth-order valence-corrected chi connectivity index (χ4v) is 3.14. The third-order valence-corrected chi connectivity index (χ3v) is 4.51. The van der Waals surface area contributed by atoms with E-state index in [4.69, 9.17) is 4.99 Å². The topological polar surface area (TPSA) is 54.4 Å². The molecule has 0 amide bonds. The first-order chi connectivity index (χ1) is 10.5. The number of aliphatic imine (C=N–C) groups is 1. The summed E-state index contributed by atoms with van der Waals surface area (Å²) < 4.78 is 13.2. The van der Waals surface area contributed by atoms with E-state index in [1.807, 2.05) is 19.2 Å². The van der Waals surface area contributed by atoms with Crippen LogP contribution in [0.4, 0.5) is 4.39 Å². The predicted molar refractivity (Wildman–Crippen MR) is 84.3 cm³/mol. The molecule has 1 aromatic heterocycles. The zero-order valence-corrected chi connectivity index (χ0v) is 12.9. The number of nitrogens with one attached hydrogen (secondary N) is 1. The van der Waals surface area contributed by atoms with Crippen molar-refractivity contribution in [2.75, 3.05) is 0 Å². The number of hydrogen-bond donors (Lipinski definition) is 1. The van der Waals surface area contributed by atoms with E-state index in [-0.39, 0.29) is 5.82 Å². The van der Waals surface area contributed by atoms with Crippen LogP contribution in [0, 0.1) is 5.82 Å². The van der Waals surface area contributed by atoms with Gasteiger partial charge >= 0.3 is 0 Å². The standard InChI is InChI=1S/C16H14FN3OS/c1-10-13(9-21)16(2,11-3-5-12(17)6-4-11)20-14(19-10)15-18-7-8-22-15/h3-9H,1-2H3,(H,19,20)/t16-/m1/s1. The molecule has 2 aromatic rings. The van der Waals surface area contributed by atoms with Crippen LogP contribution in [-0.2, 0) is 10.3 Å². The summed E-state index contributed by atoms with van der Waals surface area (Å²) in [6.07, 6.45) is 2.50. The van der Waals surface area contributed by atoms with Gasteiger partial charge in [0.25, 0.3) is 0 Å². The second-order valence-electron chi connectivity index (χ2n) is 5.16. The van der Waals surface area contributed by atoms with Crippen molar-refractivity contribution in [3.63, 3.8) is 0 Å². The minimum Gasteiger partial charge on any atom is -0.341 e. The summed E-state index contributed by atoms with van der Waals surface area (Å²) in [4.78, 5) is 20.5. The van der Waals surface area contributed by atoms with Crippen LogP contribution in [0.5, 0.6) is 0 Å². The van der Waals surface area contributed by atoms with Crippen molar-refractivity contribution >= 4 is 23.5 Å². The first-order valence-electron chi connectivity index (χ1n) is 6.74. The zero-order valence-electron chi connectivity index (χ0n) is 12.1. The number of carbonyl (C=O) groups is 1. The molecule has 4 nitrogen and oxygen atoms in total. The first kappa shape index (κ1) is 14.6. The normalized spacial score (nSPS) is 21.3. The molecular formula is C16H14FN3OS. The summed E-state index contributed by atoms with van der Waals surface area (Å²) in [5.74, 6) is 0.295. The van der Waals surface area contributed by atoms with E-state index in [0.29, 0.717) is 11.4 Å². The molecule has 0 spiro atoms. The number of allylic oxidation sites excluding steroid dienone is 1. The second kappa shape index (κ2) is 5.46. The van der Waals surface area contributed by atoms with Crippen molar-refractivity contribution in [1.82, 2.24) is 10.3 Å². The molecule has 1 aliphatic rings. The molecule has 0 aliphatic carbocycles. The van der Waals surface area contributed by atoms with Crippen LogP contribution in [0.2, 0.25) is 0 Å². The Morgan fingerprint density at radius 2 is 2.05 bits per heavy atom. The maximum atomic E-state index is 13.2. The van der Waals surface area contributed by atoms with Gasteiger partial charge in [-0.05, 0) is 31.5 Å². The molecule has 3 rings (SSSR count). The van der Waals surface area contributed by atoms with E-state index < -0.39 is 5.54 Å². The Morgan fingerprint density at radius 3 is 2.64 bits per heavy atom. The van der Waals surface area contributed by atoms with Crippen LogP contribution in [0.15, 0.2) is 52.1 Å². The molecule has 0 saturated heterocycles. The van der Waals surface area contributed by atoms with Crippen molar-refractivity contribution in [3.8, 4) is 0 Å². The summed E-state index contributed by atoms with van der Waals surface area (Å²) in [7, 11) is 0. The Balaban J connectivity index is 2.16. The Bertz CT molecular complexity index is 765. The minimum atomic E-state index is -0.869. The number of halogens is 1. The lowest BCUT2D eigenvalue weighted by atomic mass is 9.83. The van der Waals surface area contributed by atoms with E-state index in [2.05, 4.69) is 10.3 Å². The highest BCUT2D eigenvalue weighted by molar-refractivity contribution is 7.11. The highest BCUT2D eigenvalue weighted by atomic mass is 32.1. The largest absolute Gasteiger partial charge is 0.341 e. The number of aldehydes is 1. The lowest BCUT2D eigenvalue weighted by Crippen LogP contribution is -2.38. The van der Waals surface area contributed by atoms with Crippen molar-refractivity contribution < 1.29 is 9.18 Å². The van der Waals surface area contributed by atoms with E-state index >= 15 is 0 Å². The number of thiazole rings is 1. The molecule has 1 atom stereocenters. The number of nitrogens with zero attached hydrogens (tertiary/aromatic N) is 2. The molecule has 112 valence electrons. The van der Waals surface area contributed by atoms with Gasteiger partial charge in [-0.2, -0.15) is 0 Å². The number of carbonyl (C=O) groups excluding carboxylic acids is 1. The van der Waals surface area contributed by atoms with Gasteiger partial charge in [-0.25, -0.2) is 14.4 Å². The van der Waals surface area contributed by atoms with Crippen LogP contribution in [-0.4, -0.2) is 17.1 Å². The van der Waals surface area contributed by atoms with E-state index in [9.17, 15) is 9.18 Å². The SMILES string of the molecule is CC1=C(C=O)[C@@](C)(c2ccc(F)cc2)N=C(c2nccs2)N1. The van der Waals surface area contributed by atoms with Gasteiger partial charge in [0.2, 0.25) is 0 Å². The number of hydrogen-bond acceptors (Lipinski definition) is 5. The smallest absolute Gasteiger partial charge is 0.163 e. The fourth-order valence-electron chi connectivity index (χ4n) is 2.56. The third kappa shape index (κ3) is 2.35. The van der Waals surface area contributed by atoms with Crippen LogP contribution in [0.1, 0.15) is 24.4 Å². The fraction of sp³-hybridized carbons (Fsp3) is 0.188. The molecule has 22 heavy (non-hydrogen) atoms. The zero-order chi connectivity index (χ0) is 15.7. The molecule has 1 N–H and O–H groups in total. The predicted octanol–water partition coefficient (Wildman–Crippen LogP) is 3.02.